The van der Waals surface area contributed by atoms with Crippen molar-refractivity contribution in [2.24, 2.45) is 0 Å². The van der Waals surface area contributed by atoms with Gasteiger partial charge in [0.1, 0.15) is 0 Å². The van der Waals surface area contributed by atoms with E-state index in [1.807, 2.05) is 0 Å². The summed E-state index contributed by atoms with van der Waals surface area (Å²) in [4.78, 5) is 0. The van der Waals surface area contributed by atoms with Crippen molar-refractivity contribution in [2.75, 3.05) is 6.54 Å². The molecule has 1 aromatic carbocycles. The minimum Gasteiger partial charge on any atom is -0.313 e. The normalized spacial score (nSPS) is 21.9. The van der Waals surface area contributed by atoms with Crippen molar-refractivity contribution in [3.63, 3.8) is 0 Å². The number of aryl methyl sites for hydroxylation is 1. The highest BCUT2D eigenvalue weighted by atomic mass is 15.0. The summed E-state index contributed by atoms with van der Waals surface area (Å²) in [6, 6.07) is 9.40. The van der Waals surface area contributed by atoms with Crippen LogP contribution in [0.5, 0.6) is 0 Å². The molecule has 0 amide bonds. The molecule has 0 aromatic heterocycles. The maximum Gasteiger partial charge on any atom is 0.0159 e. The van der Waals surface area contributed by atoms with Gasteiger partial charge in [-0.15, -0.1) is 0 Å². The summed E-state index contributed by atoms with van der Waals surface area (Å²) in [7, 11) is 0. The molecule has 1 aromatic rings. The molecule has 1 unspecified atom stereocenters. The lowest BCUT2D eigenvalue weighted by Gasteiger charge is -2.33. The summed E-state index contributed by atoms with van der Waals surface area (Å²) in [6.07, 6.45) is 2.63. The van der Waals surface area contributed by atoms with Gasteiger partial charge in [0, 0.05) is 11.5 Å². The van der Waals surface area contributed by atoms with Crippen molar-refractivity contribution < 1.29 is 0 Å². The van der Waals surface area contributed by atoms with Gasteiger partial charge < -0.3 is 5.32 Å². The molecule has 1 heterocycles. The highest BCUT2D eigenvalue weighted by Gasteiger charge is 2.33. The van der Waals surface area contributed by atoms with Gasteiger partial charge >= 0.3 is 0 Å². The van der Waals surface area contributed by atoms with E-state index in [1.54, 1.807) is 0 Å². The van der Waals surface area contributed by atoms with Gasteiger partial charge in [0.25, 0.3) is 0 Å². The number of hydrogen-bond donors (Lipinski definition) is 1. The van der Waals surface area contributed by atoms with E-state index in [1.165, 1.54) is 30.5 Å². The van der Waals surface area contributed by atoms with E-state index in [4.69, 9.17) is 0 Å². The van der Waals surface area contributed by atoms with Crippen LogP contribution < -0.4 is 5.32 Å². The Morgan fingerprint density at radius 3 is 2.60 bits per heavy atom. The van der Waals surface area contributed by atoms with Gasteiger partial charge in [0.15, 0.2) is 0 Å². The molecule has 1 nitrogen and oxygen atoms in total. The highest BCUT2D eigenvalue weighted by molar-refractivity contribution is 5.34. The monoisotopic (exact) mass is 203 g/mol. The molecule has 1 N–H and O–H groups in total. The first-order valence-electron chi connectivity index (χ1n) is 5.92. The predicted molar refractivity (Wildman–Crippen MR) is 65.2 cm³/mol. The largest absolute Gasteiger partial charge is 0.313 e. The van der Waals surface area contributed by atoms with Crippen LogP contribution in [0.2, 0.25) is 0 Å². The van der Waals surface area contributed by atoms with E-state index in [-0.39, 0.29) is 5.41 Å². The second-order valence-corrected chi connectivity index (χ2v) is 5.19. The molecule has 2 rings (SSSR count). The standard InChI is InChI=1S/C14H21N/c1-11-7-4-5-8-12(11)14(2,3)13-9-6-10-15-13/h4-5,7-8,13,15H,6,9-10H2,1-3H3. The number of benzene rings is 1. The fourth-order valence-corrected chi connectivity index (χ4v) is 2.78. The van der Waals surface area contributed by atoms with Crippen molar-refractivity contribution in [2.45, 2.75) is 45.1 Å². The number of rotatable bonds is 2. The second-order valence-electron chi connectivity index (χ2n) is 5.19. The Morgan fingerprint density at radius 2 is 2.00 bits per heavy atom. The lowest BCUT2D eigenvalue weighted by atomic mass is 9.75. The minimum atomic E-state index is 0.252. The van der Waals surface area contributed by atoms with Crippen LogP contribution in [0.4, 0.5) is 0 Å². The number of hydrogen-bond acceptors (Lipinski definition) is 1. The first-order valence-corrected chi connectivity index (χ1v) is 5.92. The molecule has 1 atom stereocenters. The Morgan fingerprint density at radius 1 is 1.27 bits per heavy atom. The Kier molecular flexibility index (Phi) is 2.83. The van der Waals surface area contributed by atoms with Crippen LogP contribution in [-0.4, -0.2) is 12.6 Å². The predicted octanol–water partition coefficient (Wildman–Crippen LogP) is 3.02. The zero-order chi connectivity index (χ0) is 10.9. The van der Waals surface area contributed by atoms with E-state index in [2.05, 4.69) is 50.4 Å². The van der Waals surface area contributed by atoms with E-state index >= 15 is 0 Å². The van der Waals surface area contributed by atoms with Crippen LogP contribution in [0, 0.1) is 6.92 Å². The molecule has 15 heavy (non-hydrogen) atoms. The third kappa shape index (κ3) is 1.93. The Balaban J connectivity index is 2.31. The van der Waals surface area contributed by atoms with Crippen LogP contribution in [-0.2, 0) is 5.41 Å². The van der Waals surface area contributed by atoms with Gasteiger partial charge in [-0.1, -0.05) is 38.1 Å². The molecule has 1 heteroatoms. The third-order valence-electron chi connectivity index (χ3n) is 3.77. The van der Waals surface area contributed by atoms with Gasteiger partial charge in [-0.25, -0.2) is 0 Å². The maximum absolute atomic E-state index is 3.62. The van der Waals surface area contributed by atoms with Crippen LogP contribution in [0.25, 0.3) is 0 Å². The molecule has 1 aliphatic rings. The zero-order valence-electron chi connectivity index (χ0n) is 10.0. The maximum atomic E-state index is 3.62. The second kappa shape index (κ2) is 3.97. The molecule has 82 valence electrons. The van der Waals surface area contributed by atoms with Crippen molar-refractivity contribution in [3.8, 4) is 0 Å². The van der Waals surface area contributed by atoms with Crippen LogP contribution in [0.1, 0.15) is 37.8 Å². The van der Waals surface area contributed by atoms with Gasteiger partial charge in [-0.3, -0.25) is 0 Å². The first-order chi connectivity index (χ1) is 7.12. The van der Waals surface area contributed by atoms with Gasteiger partial charge in [0.05, 0.1) is 0 Å². The number of nitrogens with one attached hydrogen (secondary N) is 1. The zero-order valence-corrected chi connectivity index (χ0v) is 10.0. The lowest BCUT2D eigenvalue weighted by molar-refractivity contribution is 0.375. The molecular weight excluding hydrogens is 182 g/mol. The lowest BCUT2D eigenvalue weighted by Crippen LogP contribution is -2.41. The Bertz CT molecular complexity index is 335. The Hall–Kier alpha value is -0.820. The molecule has 0 spiro atoms. The minimum absolute atomic E-state index is 0.252. The van der Waals surface area contributed by atoms with Gasteiger partial charge in [-0.2, -0.15) is 0 Å². The van der Waals surface area contributed by atoms with Crippen LogP contribution >= 0.6 is 0 Å². The molecule has 0 radical (unpaired) electrons. The summed E-state index contributed by atoms with van der Waals surface area (Å²) < 4.78 is 0. The summed E-state index contributed by atoms with van der Waals surface area (Å²) in [5.74, 6) is 0. The molecule has 1 aliphatic heterocycles. The van der Waals surface area contributed by atoms with Crippen LogP contribution in [0.3, 0.4) is 0 Å². The highest BCUT2D eigenvalue weighted by Crippen LogP contribution is 2.33. The van der Waals surface area contributed by atoms with Gasteiger partial charge in [-0.05, 0) is 37.4 Å². The van der Waals surface area contributed by atoms with E-state index in [0.29, 0.717) is 6.04 Å². The molecule has 1 saturated heterocycles. The quantitative estimate of drug-likeness (QED) is 0.779. The molecule has 0 saturated carbocycles. The fraction of sp³-hybridized carbons (Fsp3) is 0.571. The summed E-state index contributed by atoms with van der Waals surface area (Å²) in [5, 5.41) is 3.62. The van der Waals surface area contributed by atoms with Crippen molar-refractivity contribution in [3.05, 3.63) is 35.4 Å². The fourth-order valence-electron chi connectivity index (χ4n) is 2.78. The molecule has 0 bridgehead atoms. The first kappa shape index (κ1) is 10.7. The summed E-state index contributed by atoms with van der Waals surface area (Å²) >= 11 is 0. The van der Waals surface area contributed by atoms with E-state index in [9.17, 15) is 0 Å². The van der Waals surface area contributed by atoms with Gasteiger partial charge in [0.2, 0.25) is 0 Å². The molecule has 0 aliphatic carbocycles. The SMILES string of the molecule is Cc1ccccc1C(C)(C)C1CCCN1. The molecular formula is C14H21N. The Labute approximate surface area is 92.9 Å². The average Bonchev–Trinajstić information content (AvgIpc) is 2.71. The van der Waals surface area contributed by atoms with Crippen LogP contribution in [0.15, 0.2) is 24.3 Å². The van der Waals surface area contributed by atoms with E-state index in [0.717, 1.165) is 0 Å². The topological polar surface area (TPSA) is 12.0 Å². The third-order valence-corrected chi connectivity index (χ3v) is 3.77. The van der Waals surface area contributed by atoms with E-state index < -0.39 is 0 Å². The summed E-state index contributed by atoms with van der Waals surface area (Å²) in [5.41, 5.74) is 3.16. The van der Waals surface area contributed by atoms with Crippen molar-refractivity contribution in [1.29, 1.82) is 0 Å². The van der Waals surface area contributed by atoms with Crippen molar-refractivity contribution in [1.82, 2.24) is 5.32 Å². The van der Waals surface area contributed by atoms with Crippen molar-refractivity contribution >= 4 is 0 Å². The molecule has 1 fully saturated rings. The summed E-state index contributed by atoms with van der Waals surface area (Å²) in [6.45, 7) is 8.11. The smallest absolute Gasteiger partial charge is 0.0159 e. The average molecular weight is 203 g/mol.